The first-order valence-corrected chi connectivity index (χ1v) is 6.84. The van der Waals surface area contributed by atoms with Gasteiger partial charge in [0.05, 0.1) is 0 Å². The molecule has 2 rings (SSSR count). The lowest BCUT2D eigenvalue weighted by atomic mass is 10.2. The van der Waals surface area contributed by atoms with Gasteiger partial charge in [-0.1, -0.05) is 6.92 Å². The maximum atomic E-state index is 12.2. The Balaban J connectivity index is 2.29. The molecule has 1 aromatic rings. The normalized spacial score (nSPS) is 21.3. The van der Waals surface area contributed by atoms with E-state index >= 15 is 0 Å². The van der Waals surface area contributed by atoms with Crippen molar-refractivity contribution in [3.05, 3.63) is 24.0 Å². The zero-order valence-corrected chi connectivity index (χ0v) is 10.3. The molecule has 1 atom stereocenters. The van der Waals surface area contributed by atoms with Gasteiger partial charge in [0.2, 0.25) is 10.0 Å². The molecule has 0 aliphatic carbocycles. The predicted molar refractivity (Wildman–Crippen MR) is 61.5 cm³/mol. The third-order valence-corrected chi connectivity index (χ3v) is 4.72. The maximum absolute atomic E-state index is 12.2. The van der Waals surface area contributed by atoms with Gasteiger partial charge in [-0.25, -0.2) is 13.4 Å². The molecule has 90 valence electrons. The Kier molecular flexibility index (Phi) is 3.13. The van der Waals surface area contributed by atoms with E-state index in [1.54, 1.807) is 0 Å². The van der Waals surface area contributed by atoms with Crippen molar-refractivity contribution in [2.24, 2.45) is 5.92 Å². The number of aromatic nitrogens is 1. The fourth-order valence-electron chi connectivity index (χ4n) is 1.86. The predicted octanol–water partition coefficient (Wildman–Crippen LogP) is 0.984. The number of sulfonamides is 1. The van der Waals surface area contributed by atoms with Crippen LogP contribution in [0.25, 0.3) is 0 Å². The van der Waals surface area contributed by atoms with E-state index < -0.39 is 10.0 Å². The average Bonchev–Trinajstić information content (AvgIpc) is 2.77. The first-order valence-electron chi connectivity index (χ1n) is 5.40. The quantitative estimate of drug-likeness (QED) is 0.785. The van der Waals surface area contributed by atoms with Crippen molar-refractivity contribution in [1.82, 2.24) is 9.29 Å². The van der Waals surface area contributed by atoms with Gasteiger partial charge in [0.1, 0.15) is 16.7 Å². The van der Waals surface area contributed by atoms with Crippen LogP contribution in [0.4, 0.5) is 0 Å². The second-order valence-electron chi connectivity index (χ2n) is 4.25. The molecule has 6 heteroatoms. The largest absolute Gasteiger partial charge is 0.244 e. The average molecular weight is 251 g/mol. The summed E-state index contributed by atoms with van der Waals surface area (Å²) < 4.78 is 25.8. The summed E-state index contributed by atoms with van der Waals surface area (Å²) in [6.45, 7) is 3.15. The molecule has 5 nitrogen and oxygen atoms in total. The fourth-order valence-corrected chi connectivity index (χ4v) is 3.38. The number of nitrogens with zero attached hydrogens (tertiary/aromatic N) is 3. The molecule has 1 aromatic heterocycles. The lowest BCUT2D eigenvalue weighted by Crippen LogP contribution is -2.28. The van der Waals surface area contributed by atoms with E-state index in [1.807, 2.05) is 13.0 Å². The number of nitriles is 1. The number of rotatable bonds is 2. The van der Waals surface area contributed by atoms with Gasteiger partial charge >= 0.3 is 0 Å². The highest BCUT2D eigenvalue weighted by Crippen LogP contribution is 2.23. The minimum Gasteiger partial charge on any atom is -0.244 e. The van der Waals surface area contributed by atoms with Crippen LogP contribution in [0.3, 0.4) is 0 Å². The Hall–Kier alpha value is -1.45. The van der Waals surface area contributed by atoms with E-state index in [0.29, 0.717) is 19.0 Å². The van der Waals surface area contributed by atoms with Crippen molar-refractivity contribution < 1.29 is 8.42 Å². The molecule has 1 fully saturated rings. The molecule has 1 saturated heterocycles. The molecule has 1 aliphatic heterocycles. The van der Waals surface area contributed by atoms with Gasteiger partial charge in [0.25, 0.3) is 0 Å². The summed E-state index contributed by atoms with van der Waals surface area (Å²) >= 11 is 0. The Morgan fingerprint density at radius 3 is 2.76 bits per heavy atom. The van der Waals surface area contributed by atoms with Crippen LogP contribution >= 0.6 is 0 Å². The molecule has 1 unspecified atom stereocenters. The van der Waals surface area contributed by atoms with Crippen LogP contribution in [0.2, 0.25) is 0 Å². The lowest BCUT2D eigenvalue weighted by molar-refractivity contribution is 0.464. The highest BCUT2D eigenvalue weighted by atomic mass is 32.2. The van der Waals surface area contributed by atoms with Gasteiger partial charge in [0, 0.05) is 19.3 Å². The maximum Gasteiger partial charge on any atom is 0.244 e. The molecular formula is C11H13N3O2S. The molecule has 0 bridgehead atoms. The molecule has 0 N–H and O–H groups in total. The van der Waals surface area contributed by atoms with Gasteiger partial charge in [-0.15, -0.1) is 0 Å². The Labute approximate surface area is 101 Å². The SMILES string of the molecule is CC1CCN(S(=O)(=O)c2ccc(C#N)nc2)C1. The van der Waals surface area contributed by atoms with E-state index in [0.717, 1.165) is 6.42 Å². The third kappa shape index (κ3) is 2.30. The van der Waals surface area contributed by atoms with Gasteiger partial charge < -0.3 is 0 Å². The van der Waals surface area contributed by atoms with Crippen LogP contribution in [-0.2, 0) is 10.0 Å². The zero-order chi connectivity index (χ0) is 12.5. The minimum atomic E-state index is -3.44. The second-order valence-corrected chi connectivity index (χ2v) is 6.19. The molecule has 2 heterocycles. The van der Waals surface area contributed by atoms with Crippen molar-refractivity contribution in [1.29, 1.82) is 5.26 Å². The number of hydrogen-bond donors (Lipinski definition) is 0. The molecule has 0 amide bonds. The van der Waals surface area contributed by atoms with Crippen molar-refractivity contribution >= 4 is 10.0 Å². The monoisotopic (exact) mass is 251 g/mol. The van der Waals surface area contributed by atoms with E-state index in [4.69, 9.17) is 5.26 Å². The molecular weight excluding hydrogens is 238 g/mol. The lowest BCUT2D eigenvalue weighted by Gasteiger charge is -2.15. The number of hydrogen-bond acceptors (Lipinski definition) is 4. The van der Waals surface area contributed by atoms with Crippen molar-refractivity contribution in [3.8, 4) is 6.07 Å². The summed E-state index contributed by atoms with van der Waals surface area (Å²) in [5, 5.41) is 8.61. The van der Waals surface area contributed by atoms with Crippen LogP contribution in [-0.4, -0.2) is 30.8 Å². The second kappa shape index (κ2) is 4.43. The molecule has 17 heavy (non-hydrogen) atoms. The van der Waals surface area contributed by atoms with Gasteiger partial charge in [-0.2, -0.15) is 9.57 Å². The first-order chi connectivity index (χ1) is 8.04. The summed E-state index contributed by atoms with van der Waals surface area (Å²) in [6.07, 6.45) is 2.14. The molecule has 1 aliphatic rings. The Bertz CT molecular complexity index is 545. The minimum absolute atomic E-state index is 0.158. The van der Waals surface area contributed by atoms with E-state index in [9.17, 15) is 8.42 Å². The van der Waals surface area contributed by atoms with E-state index in [-0.39, 0.29) is 10.6 Å². The summed E-state index contributed by atoms with van der Waals surface area (Å²) in [7, 11) is -3.44. The molecule has 0 spiro atoms. The molecule has 0 saturated carbocycles. The summed E-state index contributed by atoms with van der Waals surface area (Å²) in [4.78, 5) is 3.94. The van der Waals surface area contributed by atoms with Crippen molar-refractivity contribution in [2.45, 2.75) is 18.2 Å². The van der Waals surface area contributed by atoms with Gasteiger partial charge in [-0.05, 0) is 24.5 Å². The fraction of sp³-hybridized carbons (Fsp3) is 0.455. The topological polar surface area (TPSA) is 74.1 Å². The molecule has 0 radical (unpaired) electrons. The Morgan fingerprint density at radius 2 is 2.29 bits per heavy atom. The smallest absolute Gasteiger partial charge is 0.244 e. The van der Waals surface area contributed by atoms with Crippen LogP contribution in [0.5, 0.6) is 0 Å². The van der Waals surface area contributed by atoms with Gasteiger partial charge in [-0.3, -0.25) is 0 Å². The first kappa shape index (κ1) is 12.0. The third-order valence-electron chi connectivity index (χ3n) is 2.88. The Morgan fingerprint density at radius 1 is 1.53 bits per heavy atom. The van der Waals surface area contributed by atoms with Crippen LogP contribution in [0, 0.1) is 17.2 Å². The van der Waals surface area contributed by atoms with Crippen LogP contribution in [0.15, 0.2) is 23.2 Å². The highest BCUT2D eigenvalue weighted by Gasteiger charge is 2.30. The summed E-state index contributed by atoms with van der Waals surface area (Å²) in [6, 6.07) is 4.72. The van der Waals surface area contributed by atoms with Crippen LogP contribution in [0.1, 0.15) is 19.0 Å². The summed E-state index contributed by atoms with van der Waals surface area (Å²) in [5.41, 5.74) is 0.221. The summed E-state index contributed by atoms with van der Waals surface area (Å²) in [5.74, 6) is 0.399. The standard InChI is InChI=1S/C11H13N3O2S/c1-9-4-5-14(8-9)17(15,16)11-3-2-10(6-12)13-7-11/h2-3,7,9H,4-5,8H2,1H3. The molecule has 0 aromatic carbocycles. The van der Waals surface area contributed by atoms with Crippen molar-refractivity contribution in [2.75, 3.05) is 13.1 Å². The highest BCUT2D eigenvalue weighted by molar-refractivity contribution is 7.89. The van der Waals surface area contributed by atoms with E-state index in [1.165, 1.54) is 22.6 Å². The van der Waals surface area contributed by atoms with E-state index in [2.05, 4.69) is 4.98 Å². The van der Waals surface area contributed by atoms with Crippen molar-refractivity contribution in [3.63, 3.8) is 0 Å². The number of pyridine rings is 1. The van der Waals surface area contributed by atoms with Gasteiger partial charge in [0.15, 0.2) is 0 Å². The van der Waals surface area contributed by atoms with Crippen LogP contribution < -0.4 is 0 Å². The zero-order valence-electron chi connectivity index (χ0n) is 9.50.